The Hall–Kier alpha value is -1.22. The van der Waals surface area contributed by atoms with Gasteiger partial charge in [0.25, 0.3) is 0 Å². The van der Waals surface area contributed by atoms with E-state index >= 15 is 0 Å². The van der Waals surface area contributed by atoms with E-state index in [0.29, 0.717) is 6.04 Å². The molecule has 0 saturated carbocycles. The fourth-order valence-electron chi connectivity index (χ4n) is 3.75. The predicted molar refractivity (Wildman–Crippen MR) is 83.8 cm³/mol. The van der Waals surface area contributed by atoms with Crippen LogP contribution in [0.1, 0.15) is 31.7 Å². The number of methoxy groups -OCH3 is 1. The topological polar surface area (TPSA) is 15.7 Å². The van der Waals surface area contributed by atoms with Gasteiger partial charge in [-0.2, -0.15) is 0 Å². The van der Waals surface area contributed by atoms with Crippen LogP contribution in [0.2, 0.25) is 0 Å². The third kappa shape index (κ3) is 2.51. The molecule has 20 heavy (non-hydrogen) atoms. The standard InChI is InChI=1S/C17H26N2O/c1-13-10-15(7-8-17(13)20-3)19-12-16-6-4-5-9-18(16)11-14(19)2/h7-8,10,14,16H,4-6,9,11-12H2,1-3H3. The third-order valence-corrected chi connectivity index (χ3v) is 4.90. The van der Waals surface area contributed by atoms with Crippen LogP contribution in [0.15, 0.2) is 18.2 Å². The summed E-state index contributed by atoms with van der Waals surface area (Å²) in [5, 5.41) is 0. The second kappa shape index (κ2) is 5.65. The molecule has 2 fully saturated rings. The van der Waals surface area contributed by atoms with Crippen molar-refractivity contribution in [2.24, 2.45) is 0 Å². The molecule has 110 valence electrons. The molecule has 2 atom stereocenters. The van der Waals surface area contributed by atoms with E-state index in [1.54, 1.807) is 7.11 Å². The van der Waals surface area contributed by atoms with Gasteiger partial charge < -0.3 is 9.64 Å². The number of anilines is 1. The van der Waals surface area contributed by atoms with Crippen molar-refractivity contribution >= 4 is 5.69 Å². The molecular formula is C17H26N2O. The van der Waals surface area contributed by atoms with Gasteiger partial charge in [-0.05, 0) is 57.0 Å². The molecule has 0 spiro atoms. The lowest BCUT2D eigenvalue weighted by Gasteiger charge is -2.48. The first-order valence-electron chi connectivity index (χ1n) is 7.84. The van der Waals surface area contributed by atoms with Gasteiger partial charge in [-0.3, -0.25) is 4.90 Å². The largest absolute Gasteiger partial charge is 0.496 e. The van der Waals surface area contributed by atoms with E-state index in [-0.39, 0.29) is 0 Å². The Bertz CT molecular complexity index is 474. The van der Waals surface area contributed by atoms with Crippen LogP contribution in [0.4, 0.5) is 5.69 Å². The van der Waals surface area contributed by atoms with Crippen LogP contribution in [0.5, 0.6) is 5.75 Å². The molecule has 2 unspecified atom stereocenters. The molecule has 1 aromatic rings. The number of nitrogens with zero attached hydrogens (tertiary/aromatic N) is 2. The van der Waals surface area contributed by atoms with Crippen molar-refractivity contribution in [3.05, 3.63) is 23.8 Å². The lowest BCUT2D eigenvalue weighted by Crippen LogP contribution is -2.58. The smallest absolute Gasteiger partial charge is 0.121 e. The first-order chi connectivity index (χ1) is 9.69. The molecule has 3 nitrogen and oxygen atoms in total. The zero-order valence-electron chi connectivity index (χ0n) is 12.9. The predicted octanol–water partition coefficient (Wildman–Crippen LogP) is 3.07. The van der Waals surface area contributed by atoms with Crippen LogP contribution in [-0.4, -0.2) is 43.7 Å². The molecule has 3 rings (SSSR count). The van der Waals surface area contributed by atoms with E-state index in [1.807, 2.05) is 0 Å². The van der Waals surface area contributed by atoms with Crippen molar-refractivity contribution in [2.45, 2.75) is 45.2 Å². The number of ether oxygens (including phenoxy) is 1. The minimum Gasteiger partial charge on any atom is -0.496 e. The van der Waals surface area contributed by atoms with Crippen molar-refractivity contribution in [3.8, 4) is 5.75 Å². The molecule has 3 heteroatoms. The van der Waals surface area contributed by atoms with Crippen LogP contribution >= 0.6 is 0 Å². The maximum absolute atomic E-state index is 5.37. The van der Waals surface area contributed by atoms with Crippen LogP contribution in [0.25, 0.3) is 0 Å². The molecule has 0 N–H and O–H groups in total. The number of fused-ring (bicyclic) bond motifs is 1. The van der Waals surface area contributed by atoms with Crippen LogP contribution in [0, 0.1) is 6.92 Å². The van der Waals surface area contributed by atoms with Gasteiger partial charge in [0, 0.05) is 30.9 Å². The number of aryl methyl sites for hydroxylation is 1. The first kappa shape index (κ1) is 13.7. The van der Waals surface area contributed by atoms with Gasteiger partial charge in [0.15, 0.2) is 0 Å². The summed E-state index contributed by atoms with van der Waals surface area (Å²) in [5.41, 5.74) is 2.57. The number of hydrogen-bond acceptors (Lipinski definition) is 3. The van der Waals surface area contributed by atoms with E-state index in [9.17, 15) is 0 Å². The molecule has 0 aliphatic carbocycles. The van der Waals surface area contributed by atoms with Crippen LogP contribution < -0.4 is 9.64 Å². The Kier molecular flexibility index (Phi) is 3.88. The summed E-state index contributed by atoms with van der Waals surface area (Å²) in [6.07, 6.45) is 4.13. The lowest BCUT2D eigenvalue weighted by atomic mass is 9.96. The number of piperidine rings is 1. The molecule has 2 aliphatic rings. The minimum atomic E-state index is 0.595. The molecular weight excluding hydrogens is 248 g/mol. The Morgan fingerprint density at radius 1 is 1.20 bits per heavy atom. The monoisotopic (exact) mass is 274 g/mol. The number of piperazine rings is 1. The maximum atomic E-state index is 5.37. The molecule has 2 aliphatic heterocycles. The molecule has 0 amide bonds. The van der Waals surface area contributed by atoms with Gasteiger partial charge in [0.05, 0.1) is 7.11 Å². The van der Waals surface area contributed by atoms with Gasteiger partial charge >= 0.3 is 0 Å². The fraction of sp³-hybridized carbons (Fsp3) is 0.647. The highest BCUT2D eigenvalue weighted by Crippen LogP contribution is 2.30. The van der Waals surface area contributed by atoms with Crippen molar-refractivity contribution < 1.29 is 4.74 Å². The van der Waals surface area contributed by atoms with E-state index in [0.717, 1.165) is 11.8 Å². The average molecular weight is 274 g/mol. The third-order valence-electron chi connectivity index (χ3n) is 4.90. The van der Waals surface area contributed by atoms with Crippen molar-refractivity contribution in [2.75, 3.05) is 31.6 Å². The van der Waals surface area contributed by atoms with Gasteiger partial charge in [-0.25, -0.2) is 0 Å². The van der Waals surface area contributed by atoms with Gasteiger partial charge in [0.1, 0.15) is 5.75 Å². The summed E-state index contributed by atoms with van der Waals surface area (Å²) >= 11 is 0. The highest BCUT2D eigenvalue weighted by atomic mass is 16.5. The van der Waals surface area contributed by atoms with Crippen LogP contribution in [-0.2, 0) is 0 Å². The molecule has 2 heterocycles. The molecule has 2 saturated heterocycles. The van der Waals surface area contributed by atoms with Gasteiger partial charge in [0.2, 0.25) is 0 Å². The fourth-order valence-corrected chi connectivity index (χ4v) is 3.75. The van der Waals surface area contributed by atoms with E-state index in [4.69, 9.17) is 4.74 Å². The SMILES string of the molecule is COc1ccc(N2CC3CCCCN3CC2C)cc1C. The summed E-state index contributed by atoms with van der Waals surface area (Å²) in [7, 11) is 1.74. The highest BCUT2D eigenvalue weighted by molar-refractivity contribution is 5.54. The maximum Gasteiger partial charge on any atom is 0.121 e. The minimum absolute atomic E-state index is 0.595. The summed E-state index contributed by atoms with van der Waals surface area (Å²) in [6, 6.07) is 7.93. The van der Waals surface area contributed by atoms with Gasteiger partial charge in [-0.1, -0.05) is 6.42 Å². The zero-order valence-corrected chi connectivity index (χ0v) is 12.9. The number of hydrogen-bond donors (Lipinski definition) is 0. The summed E-state index contributed by atoms with van der Waals surface area (Å²) < 4.78 is 5.37. The molecule has 0 bridgehead atoms. The highest BCUT2D eigenvalue weighted by Gasteiger charge is 2.33. The Balaban J connectivity index is 1.80. The Morgan fingerprint density at radius 2 is 2.05 bits per heavy atom. The summed E-state index contributed by atoms with van der Waals surface area (Å²) in [4.78, 5) is 5.28. The first-order valence-corrected chi connectivity index (χ1v) is 7.84. The quantitative estimate of drug-likeness (QED) is 0.824. The van der Waals surface area contributed by atoms with E-state index < -0.39 is 0 Å². The molecule has 0 aromatic heterocycles. The Labute approximate surface area is 122 Å². The van der Waals surface area contributed by atoms with E-state index in [1.165, 1.54) is 50.1 Å². The number of rotatable bonds is 2. The second-order valence-electron chi connectivity index (χ2n) is 6.30. The van der Waals surface area contributed by atoms with Crippen molar-refractivity contribution in [3.63, 3.8) is 0 Å². The zero-order chi connectivity index (χ0) is 14.1. The van der Waals surface area contributed by atoms with Crippen LogP contribution in [0.3, 0.4) is 0 Å². The average Bonchev–Trinajstić information content (AvgIpc) is 2.46. The van der Waals surface area contributed by atoms with Gasteiger partial charge in [-0.15, -0.1) is 0 Å². The summed E-state index contributed by atoms with van der Waals surface area (Å²) in [6.45, 7) is 8.15. The summed E-state index contributed by atoms with van der Waals surface area (Å²) in [5.74, 6) is 0.984. The molecule has 1 aromatic carbocycles. The normalized spacial score (nSPS) is 27.2. The van der Waals surface area contributed by atoms with E-state index in [2.05, 4.69) is 41.8 Å². The Morgan fingerprint density at radius 3 is 2.80 bits per heavy atom. The lowest BCUT2D eigenvalue weighted by molar-refractivity contribution is 0.115. The molecule has 0 radical (unpaired) electrons. The van der Waals surface area contributed by atoms with Crippen molar-refractivity contribution in [1.82, 2.24) is 4.90 Å². The second-order valence-corrected chi connectivity index (χ2v) is 6.30. The van der Waals surface area contributed by atoms with Crippen molar-refractivity contribution in [1.29, 1.82) is 0 Å². The number of benzene rings is 1.